The molecular formula is C12H21NO3. The van der Waals surface area contributed by atoms with Crippen LogP contribution in [0.1, 0.15) is 46.5 Å². The number of carbonyl (C=O) groups excluding carboxylic acids is 2. The summed E-state index contributed by atoms with van der Waals surface area (Å²) >= 11 is 0. The molecule has 0 heterocycles. The maximum atomic E-state index is 11.9. The Balaban J connectivity index is 2.52. The SMILES string of the molecule is CCCC(C)[C@H](OC(C)=O)C(=O)NC1CC1. The van der Waals surface area contributed by atoms with E-state index in [1.165, 1.54) is 6.92 Å². The third-order valence-electron chi connectivity index (χ3n) is 2.74. The zero-order valence-electron chi connectivity index (χ0n) is 10.3. The van der Waals surface area contributed by atoms with Crippen LogP contribution in [-0.4, -0.2) is 24.0 Å². The smallest absolute Gasteiger partial charge is 0.303 e. The fraction of sp³-hybridized carbons (Fsp3) is 0.833. The molecular weight excluding hydrogens is 206 g/mol. The Morgan fingerprint density at radius 3 is 2.50 bits per heavy atom. The number of amides is 1. The van der Waals surface area contributed by atoms with Gasteiger partial charge in [-0.2, -0.15) is 0 Å². The highest BCUT2D eigenvalue weighted by Gasteiger charge is 2.32. The van der Waals surface area contributed by atoms with Crippen LogP contribution in [-0.2, 0) is 14.3 Å². The highest BCUT2D eigenvalue weighted by atomic mass is 16.5. The van der Waals surface area contributed by atoms with E-state index in [9.17, 15) is 9.59 Å². The van der Waals surface area contributed by atoms with Gasteiger partial charge in [-0.15, -0.1) is 0 Å². The highest BCUT2D eigenvalue weighted by molar-refractivity contribution is 5.84. The average molecular weight is 227 g/mol. The molecule has 1 saturated carbocycles. The van der Waals surface area contributed by atoms with E-state index in [4.69, 9.17) is 4.74 Å². The van der Waals surface area contributed by atoms with Gasteiger partial charge in [0.15, 0.2) is 6.10 Å². The maximum absolute atomic E-state index is 11.9. The van der Waals surface area contributed by atoms with E-state index in [0.717, 1.165) is 25.7 Å². The molecule has 1 unspecified atom stereocenters. The average Bonchev–Trinajstić information content (AvgIpc) is 2.97. The number of ether oxygens (including phenoxy) is 1. The second-order valence-electron chi connectivity index (χ2n) is 4.58. The minimum atomic E-state index is -0.627. The standard InChI is InChI=1S/C12H21NO3/c1-4-5-8(2)11(16-9(3)14)12(15)13-10-6-7-10/h8,10-11H,4-7H2,1-3H3,(H,13,15)/t8?,11-/m0/s1. The topological polar surface area (TPSA) is 55.4 Å². The summed E-state index contributed by atoms with van der Waals surface area (Å²) in [7, 11) is 0. The lowest BCUT2D eigenvalue weighted by molar-refractivity contribution is -0.157. The van der Waals surface area contributed by atoms with E-state index in [0.29, 0.717) is 6.04 Å². The summed E-state index contributed by atoms with van der Waals surface area (Å²) in [6.07, 6.45) is 3.32. The van der Waals surface area contributed by atoms with Crippen LogP contribution in [0.15, 0.2) is 0 Å². The van der Waals surface area contributed by atoms with Crippen molar-refractivity contribution in [2.24, 2.45) is 5.92 Å². The molecule has 0 saturated heterocycles. The molecule has 0 aromatic heterocycles. The van der Waals surface area contributed by atoms with Crippen LogP contribution in [0.25, 0.3) is 0 Å². The zero-order chi connectivity index (χ0) is 12.1. The Bertz CT molecular complexity index is 261. The number of hydrogen-bond acceptors (Lipinski definition) is 3. The van der Waals surface area contributed by atoms with Gasteiger partial charge in [-0.25, -0.2) is 0 Å². The van der Waals surface area contributed by atoms with Gasteiger partial charge < -0.3 is 10.1 Å². The third kappa shape index (κ3) is 4.21. The van der Waals surface area contributed by atoms with Crippen molar-refractivity contribution in [3.8, 4) is 0 Å². The number of carbonyl (C=O) groups is 2. The van der Waals surface area contributed by atoms with E-state index in [1.807, 2.05) is 6.92 Å². The molecule has 16 heavy (non-hydrogen) atoms. The first kappa shape index (κ1) is 13.0. The first-order chi connectivity index (χ1) is 7.54. The lowest BCUT2D eigenvalue weighted by atomic mass is 9.98. The second kappa shape index (κ2) is 5.87. The van der Waals surface area contributed by atoms with Crippen LogP contribution in [0, 0.1) is 5.92 Å². The zero-order valence-corrected chi connectivity index (χ0v) is 10.3. The fourth-order valence-corrected chi connectivity index (χ4v) is 1.72. The molecule has 4 nitrogen and oxygen atoms in total. The maximum Gasteiger partial charge on any atom is 0.303 e. The molecule has 0 bridgehead atoms. The molecule has 0 radical (unpaired) electrons. The third-order valence-corrected chi connectivity index (χ3v) is 2.74. The minimum Gasteiger partial charge on any atom is -0.452 e. The van der Waals surface area contributed by atoms with Crippen LogP contribution in [0.2, 0.25) is 0 Å². The van der Waals surface area contributed by atoms with Crippen LogP contribution in [0.4, 0.5) is 0 Å². The van der Waals surface area contributed by atoms with Gasteiger partial charge in [0.05, 0.1) is 0 Å². The Morgan fingerprint density at radius 1 is 1.44 bits per heavy atom. The quantitative estimate of drug-likeness (QED) is 0.702. The Hall–Kier alpha value is -1.06. The number of hydrogen-bond donors (Lipinski definition) is 1. The fourth-order valence-electron chi connectivity index (χ4n) is 1.72. The van der Waals surface area contributed by atoms with Crippen molar-refractivity contribution in [2.75, 3.05) is 0 Å². The van der Waals surface area contributed by atoms with Crippen molar-refractivity contribution >= 4 is 11.9 Å². The number of rotatable bonds is 6. The molecule has 1 aliphatic rings. The molecule has 1 rings (SSSR count). The summed E-state index contributed by atoms with van der Waals surface area (Å²) in [5, 5.41) is 2.88. The minimum absolute atomic E-state index is 0.0765. The van der Waals surface area contributed by atoms with Crippen molar-refractivity contribution in [1.82, 2.24) is 5.32 Å². The summed E-state index contributed by atoms with van der Waals surface area (Å²) in [5.74, 6) is -0.454. The van der Waals surface area contributed by atoms with Crippen molar-refractivity contribution < 1.29 is 14.3 Å². The molecule has 0 aromatic rings. The molecule has 0 aliphatic heterocycles. The van der Waals surface area contributed by atoms with Gasteiger partial charge in [0.1, 0.15) is 0 Å². The largest absolute Gasteiger partial charge is 0.452 e. The Morgan fingerprint density at radius 2 is 2.06 bits per heavy atom. The van der Waals surface area contributed by atoms with Gasteiger partial charge in [-0.05, 0) is 19.3 Å². The van der Waals surface area contributed by atoms with E-state index < -0.39 is 6.10 Å². The highest BCUT2D eigenvalue weighted by Crippen LogP contribution is 2.21. The molecule has 1 amide bonds. The summed E-state index contributed by atoms with van der Waals surface area (Å²) < 4.78 is 5.10. The first-order valence-electron chi connectivity index (χ1n) is 6.02. The van der Waals surface area contributed by atoms with Gasteiger partial charge >= 0.3 is 5.97 Å². The van der Waals surface area contributed by atoms with Crippen molar-refractivity contribution in [3.63, 3.8) is 0 Å². The van der Waals surface area contributed by atoms with Crippen molar-refractivity contribution in [1.29, 1.82) is 0 Å². The number of nitrogens with one attached hydrogen (secondary N) is 1. The molecule has 2 atom stereocenters. The van der Waals surface area contributed by atoms with Gasteiger partial charge in [-0.3, -0.25) is 9.59 Å². The van der Waals surface area contributed by atoms with E-state index in [1.54, 1.807) is 0 Å². The summed E-state index contributed by atoms with van der Waals surface area (Å²) in [6, 6.07) is 0.305. The van der Waals surface area contributed by atoms with Gasteiger partial charge in [0, 0.05) is 18.9 Å². The van der Waals surface area contributed by atoms with Crippen LogP contribution >= 0.6 is 0 Å². The lowest BCUT2D eigenvalue weighted by Crippen LogP contribution is -2.42. The predicted molar refractivity (Wildman–Crippen MR) is 60.8 cm³/mol. The van der Waals surface area contributed by atoms with Crippen LogP contribution in [0.5, 0.6) is 0 Å². The van der Waals surface area contributed by atoms with E-state index >= 15 is 0 Å². The Kier molecular flexibility index (Phi) is 4.77. The van der Waals surface area contributed by atoms with Crippen LogP contribution < -0.4 is 5.32 Å². The Labute approximate surface area is 96.7 Å². The van der Waals surface area contributed by atoms with E-state index in [-0.39, 0.29) is 17.8 Å². The monoisotopic (exact) mass is 227 g/mol. The summed E-state index contributed by atoms with van der Waals surface area (Å²) in [6.45, 7) is 5.35. The van der Waals surface area contributed by atoms with Gasteiger partial charge in [0.25, 0.3) is 5.91 Å². The van der Waals surface area contributed by atoms with Gasteiger partial charge in [0.2, 0.25) is 0 Å². The summed E-state index contributed by atoms with van der Waals surface area (Å²) in [5.41, 5.74) is 0. The first-order valence-corrected chi connectivity index (χ1v) is 6.02. The van der Waals surface area contributed by atoms with Crippen LogP contribution in [0.3, 0.4) is 0 Å². The van der Waals surface area contributed by atoms with E-state index in [2.05, 4.69) is 12.2 Å². The predicted octanol–water partition coefficient (Wildman–Crippen LogP) is 1.63. The van der Waals surface area contributed by atoms with Gasteiger partial charge in [-0.1, -0.05) is 20.3 Å². The van der Waals surface area contributed by atoms with Crippen molar-refractivity contribution in [2.45, 2.75) is 58.6 Å². The molecule has 92 valence electrons. The summed E-state index contributed by atoms with van der Waals surface area (Å²) in [4.78, 5) is 22.8. The molecule has 1 fully saturated rings. The molecule has 4 heteroatoms. The molecule has 0 aromatic carbocycles. The molecule has 1 N–H and O–H groups in total. The normalized spacial score (nSPS) is 18.7. The second-order valence-corrected chi connectivity index (χ2v) is 4.58. The number of esters is 1. The molecule has 0 spiro atoms. The lowest BCUT2D eigenvalue weighted by Gasteiger charge is -2.22. The van der Waals surface area contributed by atoms with Crippen molar-refractivity contribution in [3.05, 3.63) is 0 Å². The molecule has 1 aliphatic carbocycles.